The monoisotopic (exact) mass is 694 g/mol. The molecule has 1 N–H and O–H groups in total. The van der Waals surface area contributed by atoms with Gasteiger partial charge in [-0.15, -0.1) is 0 Å². The molecule has 1 aliphatic rings. The molecular weight excluding hydrogens is 652 g/mol. The van der Waals surface area contributed by atoms with Crippen molar-refractivity contribution in [2.75, 3.05) is 27.9 Å². The van der Waals surface area contributed by atoms with Crippen LogP contribution in [0.5, 0.6) is 17.2 Å². The highest BCUT2D eigenvalue weighted by atomic mass is 32.2. The highest BCUT2D eigenvalue weighted by molar-refractivity contribution is 7.86. The van der Waals surface area contributed by atoms with E-state index in [2.05, 4.69) is 0 Å². The molecule has 262 valence electrons. The Hall–Kier alpha value is -4.01. The molecule has 0 aliphatic carbocycles. The molecule has 0 bridgehead atoms. The van der Waals surface area contributed by atoms with Crippen molar-refractivity contribution in [3.05, 3.63) is 119 Å². The van der Waals surface area contributed by atoms with Crippen LogP contribution in [0.4, 0.5) is 0 Å². The van der Waals surface area contributed by atoms with Gasteiger partial charge in [0.25, 0.3) is 10.1 Å². The summed E-state index contributed by atoms with van der Waals surface area (Å²) in [5.74, 6) is 2.08. The zero-order valence-corrected chi connectivity index (χ0v) is 28.7. The second-order valence-electron chi connectivity index (χ2n) is 11.5. The fourth-order valence-corrected chi connectivity index (χ4v) is 6.19. The molecule has 11 nitrogen and oxygen atoms in total. The lowest BCUT2D eigenvalue weighted by Crippen LogP contribution is -2.61. The molecule has 4 aromatic carbocycles. The first-order valence-corrected chi connectivity index (χ1v) is 17.1. The molecular formula is C37H42O11S. The molecule has 0 spiro atoms. The maximum Gasteiger partial charge on any atom is 0.297 e. The van der Waals surface area contributed by atoms with Crippen LogP contribution in [-0.2, 0) is 53.1 Å². The van der Waals surface area contributed by atoms with Gasteiger partial charge in [0, 0.05) is 0 Å². The van der Waals surface area contributed by atoms with Crippen LogP contribution in [0.2, 0.25) is 0 Å². The maximum absolute atomic E-state index is 13.2. The first-order chi connectivity index (χ1) is 23.7. The van der Waals surface area contributed by atoms with Crippen LogP contribution < -0.4 is 14.2 Å². The lowest BCUT2D eigenvalue weighted by Gasteiger charge is -2.44. The Morgan fingerprint density at radius 3 is 1.43 bits per heavy atom. The average Bonchev–Trinajstić information content (AvgIpc) is 3.13. The van der Waals surface area contributed by atoms with Crippen molar-refractivity contribution in [2.45, 2.75) is 62.3 Å². The Kier molecular flexibility index (Phi) is 12.6. The number of aryl methyl sites for hydroxylation is 1. The second-order valence-corrected chi connectivity index (χ2v) is 13.1. The molecule has 0 aromatic heterocycles. The van der Waals surface area contributed by atoms with E-state index in [0.29, 0.717) is 17.2 Å². The largest absolute Gasteiger partial charge is 0.497 e. The van der Waals surface area contributed by atoms with E-state index >= 15 is 0 Å². The number of aliphatic hydroxyl groups excluding tert-OH is 1. The van der Waals surface area contributed by atoms with E-state index in [-0.39, 0.29) is 24.7 Å². The molecule has 1 saturated heterocycles. The van der Waals surface area contributed by atoms with Crippen LogP contribution >= 0.6 is 0 Å². The van der Waals surface area contributed by atoms with Crippen molar-refractivity contribution in [1.29, 1.82) is 0 Å². The third kappa shape index (κ3) is 9.79. The summed E-state index contributed by atoms with van der Waals surface area (Å²) in [5, 5.41) is 11.3. The SMILES string of the molecule is COc1ccc(CO[C@@H]2[C@@H](OCc3ccc(OC)cc3)[C@H](O)O[C@H](COS(=O)(=O)c3ccc(C)cc3)[C@@H]2OCc2ccc(OC)cc2)cc1. The van der Waals surface area contributed by atoms with Gasteiger partial charge in [0.2, 0.25) is 0 Å². The van der Waals surface area contributed by atoms with Crippen LogP contribution in [0.3, 0.4) is 0 Å². The van der Waals surface area contributed by atoms with Crippen LogP contribution in [0.25, 0.3) is 0 Å². The fraction of sp³-hybridized carbons (Fsp3) is 0.351. The number of hydrogen-bond donors (Lipinski definition) is 1. The van der Waals surface area contributed by atoms with E-state index in [4.69, 9.17) is 37.3 Å². The molecule has 5 atom stereocenters. The predicted molar refractivity (Wildman–Crippen MR) is 180 cm³/mol. The molecule has 1 fully saturated rings. The van der Waals surface area contributed by atoms with Gasteiger partial charge < -0.3 is 38.3 Å². The molecule has 5 rings (SSSR count). The zero-order chi connectivity index (χ0) is 34.8. The molecule has 1 heterocycles. The number of aliphatic hydroxyl groups is 1. The minimum Gasteiger partial charge on any atom is -0.497 e. The first-order valence-electron chi connectivity index (χ1n) is 15.7. The Morgan fingerprint density at radius 2 is 1.00 bits per heavy atom. The Labute approximate surface area is 287 Å². The summed E-state index contributed by atoms with van der Waals surface area (Å²) in [6.07, 6.45) is -5.44. The van der Waals surface area contributed by atoms with Crippen LogP contribution in [0.1, 0.15) is 22.3 Å². The number of hydrogen-bond acceptors (Lipinski definition) is 11. The van der Waals surface area contributed by atoms with Gasteiger partial charge in [0.15, 0.2) is 6.29 Å². The van der Waals surface area contributed by atoms with Gasteiger partial charge in [0.05, 0.1) is 52.7 Å². The minimum atomic E-state index is -4.16. The number of rotatable bonds is 16. The third-order valence-electron chi connectivity index (χ3n) is 8.11. The van der Waals surface area contributed by atoms with E-state index in [9.17, 15) is 13.5 Å². The summed E-state index contributed by atoms with van der Waals surface area (Å²) in [7, 11) is 0.600. The van der Waals surface area contributed by atoms with Crippen LogP contribution in [0, 0.1) is 6.92 Å². The van der Waals surface area contributed by atoms with Crippen molar-refractivity contribution >= 4 is 10.1 Å². The van der Waals surface area contributed by atoms with E-state index in [1.54, 1.807) is 33.5 Å². The van der Waals surface area contributed by atoms with Gasteiger partial charge in [-0.2, -0.15) is 8.42 Å². The lowest BCUT2D eigenvalue weighted by atomic mass is 9.98. The average molecular weight is 695 g/mol. The van der Waals surface area contributed by atoms with E-state index < -0.39 is 47.4 Å². The van der Waals surface area contributed by atoms with Gasteiger partial charge in [-0.05, 0) is 72.1 Å². The molecule has 0 radical (unpaired) electrons. The fourth-order valence-electron chi connectivity index (χ4n) is 5.27. The van der Waals surface area contributed by atoms with E-state index in [0.717, 1.165) is 22.3 Å². The minimum absolute atomic E-state index is 0.00170. The number of methoxy groups -OCH3 is 3. The van der Waals surface area contributed by atoms with Gasteiger partial charge in [-0.3, -0.25) is 4.18 Å². The molecule has 12 heteroatoms. The van der Waals surface area contributed by atoms with Crippen LogP contribution in [0.15, 0.2) is 102 Å². The van der Waals surface area contributed by atoms with E-state index in [1.807, 2.05) is 79.7 Å². The highest BCUT2D eigenvalue weighted by Crippen LogP contribution is 2.31. The summed E-state index contributed by atoms with van der Waals surface area (Å²) < 4.78 is 72.8. The van der Waals surface area contributed by atoms with Gasteiger partial charge in [-0.1, -0.05) is 54.1 Å². The normalized spacial score (nSPS) is 20.9. The Balaban J connectivity index is 1.42. The zero-order valence-electron chi connectivity index (χ0n) is 27.9. The predicted octanol–water partition coefficient (Wildman–Crippen LogP) is 5.20. The smallest absolute Gasteiger partial charge is 0.297 e. The summed E-state index contributed by atoms with van der Waals surface area (Å²) in [6, 6.07) is 28.4. The highest BCUT2D eigenvalue weighted by Gasteiger charge is 2.48. The standard InChI is InChI=1S/C37H42O11S/c1-25-5-19-32(20-6-25)49(39,40)47-24-33-34(44-21-26-7-13-29(41-2)14-8-26)35(45-22-27-9-15-30(42-3)16-10-27)36(37(38)48-33)46-23-28-11-17-31(43-4)18-12-28/h5-20,33-38H,21-24H2,1-4H3/t33-,34+,35+,36-,37-/m1/s1. The topological polar surface area (TPSA) is 128 Å². The summed E-state index contributed by atoms with van der Waals surface area (Å²) in [6.45, 7) is 1.77. The van der Waals surface area contributed by atoms with E-state index in [1.165, 1.54) is 12.1 Å². The van der Waals surface area contributed by atoms with Gasteiger partial charge in [0.1, 0.15) is 41.7 Å². The maximum atomic E-state index is 13.2. The molecule has 0 saturated carbocycles. The molecule has 49 heavy (non-hydrogen) atoms. The van der Waals surface area contributed by atoms with Crippen molar-refractivity contribution in [3.8, 4) is 17.2 Å². The quantitative estimate of drug-likeness (QED) is 0.156. The number of ether oxygens (including phenoxy) is 7. The summed E-state index contributed by atoms with van der Waals surface area (Å²) in [5.41, 5.74) is 3.39. The Bertz CT molecular complexity index is 1690. The lowest BCUT2D eigenvalue weighted by molar-refractivity contribution is -0.314. The third-order valence-corrected chi connectivity index (χ3v) is 9.41. The van der Waals surface area contributed by atoms with Crippen molar-refractivity contribution < 1.29 is 50.9 Å². The van der Waals surface area contributed by atoms with Gasteiger partial charge in [-0.25, -0.2) is 0 Å². The summed E-state index contributed by atoms with van der Waals surface area (Å²) in [4.78, 5) is -0.00170. The van der Waals surface area contributed by atoms with Crippen molar-refractivity contribution in [1.82, 2.24) is 0 Å². The Morgan fingerprint density at radius 1 is 0.592 bits per heavy atom. The molecule has 4 aromatic rings. The van der Waals surface area contributed by atoms with Crippen LogP contribution in [-0.4, -0.2) is 72.2 Å². The van der Waals surface area contributed by atoms with Crippen molar-refractivity contribution in [3.63, 3.8) is 0 Å². The molecule has 0 amide bonds. The molecule has 1 aliphatic heterocycles. The molecule has 0 unspecified atom stereocenters. The number of benzene rings is 4. The van der Waals surface area contributed by atoms with Gasteiger partial charge >= 0.3 is 0 Å². The second kappa shape index (κ2) is 17.1. The summed E-state index contributed by atoms with van der Waals surface area (Å²) >= 11 is 0. The van der Waals surface area contributed by atoms with Crippen molar-refractivity contribution in [2.24, 2.45) is 0 Å². The first kappa shape index (κ1) is 36.3.